The Morgan fingerprint density at radius 2 is 1.87 bits per heavy atom. The lowest BCUT2D eigenvalue weighted by molar-refractivity contribution is 0.132. The van der Waals surface area contributed by atoms with E-state index in [1.807, 2.05) is 37.7 Å². The summed E-state index contributed by atoms with van der Waals surface area (Å²) in [5.41, 5.74) is 3.11. The highest BCUT2D eigenvalue weighted by Crippen LogP contribution is 2.30. The molecule has 0 spiro atoms. The zero-order chi connectivity index (χ0) is 20.9. The fraction of sp³-hybridized carbons (Fsp3) is 0.429. The molecule has 9 heteroatoms. The van der Waals surface area contributed by atoms with E-state index in [4.69, 9.17) is 0 Å². The van der Waals surface area contributed by atoms with Gasteiger partial charge in [-0.3, -0.25) is 4.90 Å². The van der Waals surface area contributed by atoms with Crippen LogP contribution in [0.15, 0.2) is 35.7 Å². The van der Waals surface area contributed by atoms with E-state index in [-0.39, 0.29) is 0 Å². The predicted molar refractivity (Wildman–Crippen MR) is 125 cm³/mol. The Hall–Kier alpha value is -2.07. The van der Waals surface area contributed by atoms with Crippen molar-refractivity contribution >= 4 is 34.0 Å². The summed E-state index contributed by atoms with van der Waals surface area (Å²) in [6, 6.07) is 6.17. The minimum atomic E-state index is 0.779. The molecule has 0 saturated carbocycles. The molecule has 1 N–H and O–H groups in total. The van der Waals surface area contributed by atoms with E-state index < -0.39 is 0 Å². The summed E-state index contributed by atoms with van der Waals surface area (Å²) in [5, 5.41) is 4.90. The summed E-state index contributed by atoms with van der Waals surface area (Å²) in [5.74, 6) is 0.805. The number of thiazole rings is 1. The summed E-state index contributed by atoms with van der Waals surface area (Å²) in [6.07, 6.45) is 5.80. The number of nitrogens with zero attached hydrogens (tertiary/aromatic N) is 6. The Morgan fingerprint density at radius 1 is 1.07 bits per heavy atom. The van der Waals surface area contributed by atoms with E-state index in [0.717, 1.165) is 71.6 Å². The van der Waals surface area contributed by atoms with Crippen LogP contribution < -0.4 is 5.32 Å². The van der Waals surface area contributed by atoms with Crippen molar-refractivity contribution in [2.24, 2.45) is 0 Å². The molecule has 1 aliphatic heterocycles. The summed E-state index contributed by atoms with van der Waals surface area (Å²) in [6.45, 7) is 10.9. The third kappa shape index (κ3) is 5.34. The average Bonchev–Trinajstić information content (AvgIpc) is 3.24. The van der Waals surface area contributed by atoms with E-state index in [0.29, 0.717) is 0 Å². The van der Waals surface area contributed by atoms with Crippen LogP contribution in [0, 0.1) is 6.92 Å². The van der Waals surface area contributed by atoms with Gasteiger partial charge in [0.2, 0.25) is 0 Å². The van der Waals surface area contributed by atoms with Crippen molar-refractivity contribution in [3.8, 4) is 10.6 Å². The van der Waals surface area contributed by atoms with Crippen LogP contribution in [0.2, 0.25) is 0 Å². The number of hydrogen-bond donors (Lipinski definition) is 1. The maximum Gasteiger partial charge on any atom is 0.188 e. The molecule has 0 bridgehead atoms. The van der Waals surface area contributed by atoms with Crippen LogP contribution in [0.3, 0.4) is 0 Å². The monoisotopic (exact) mass is 441 g/mol. The number of aryl methyl sites for hydroxylation is 1. The fourth-order valence-electron chi connectivity index (χ4n) is 3.43. The molecule has 0 aliphatic carbocycles. The van der Waals surface area contributed by atoms with Gasteiger partial charge in [0.05, 0.1) is 10.6 Å². The van der Waals surface area contributed by atoms with Crippen molar-refractivity contribution in [1.29, 1.82) is 0 Å². The Kier molecular flexibility index (Phi) is 6.93. The van der Waals surface area contributed by atoms with Gasteiger partial charge in [-0.25, -0.2) is 19.9 Å². The third-order valence-electron chi connectivity index (χ3n) is 5.15. The molecule has 0 unspecified atom stereocenters. The van der Waals surface area contributed by atoms with Gasteiger partial charge in [-0.1, -0.05) is 36.1 Å². The van der Waals surface area contributed by atoms with Crippen molar-refractivity contribution in [3.05, 3.63) is 41.9 Å². The van der Waals surface area contributed by atoms with Gasteiger partial charge in [0.1, 0.15) is 5.82 Å². The molecule has 7 nitrogen and oxygen atoms in total. The lowest BCUT2D eigenvalue weighted by Gasteiger charge is -2.33. The topological polar surface area (TPSA) is 70.1 Å². The second-order valence-corrected chi connectivity index (χ2v) is 9.10. The van der Waals surface area contributed by atoms with E-state index >= 15 is 0 Å². The summed E-state index contributed by atoms with van der Waals surface area (Å²) >= 11 is 3.12. The quantitative estimate of drug-likeness (QED) is 0.437. The van der Waals surface area contributed by atoms with Crippen LogP contribution in [-0.4, -0.2) is 68.7 Å². The van der Waals surface area contributed by atoms with Gasteiger partial charge >= 0.3 is 0 Å². The number of thioether (sulfide) groups is 1. The lowest BCUT2D eigenvalue weighted by atomic mass is 10.2. The highest BCUT2D eigenvalue weighted by atomic mass is 32.2. The molecule has 3 aromatic heterocycles. The minimum absolute atomic E-state index is 0.779. The molecule has 4 heterocycles. The Labute approximate surface area is 186 Å². The molecular weight excluding hydrogens is 414 g/mol. The summed E-state index contributed by atoms with van der Waals surface area (Å²) < 4.78 is 0. The van der Waals surface area contributed by atoms with Crippen LogP contribution in [0.25, 0.3) is 10.6 Å². The second-order valence-electron chi connectivity index (χ2n) is 7.30. The van der Waals surface area contributed by atoms with E-state index in [9.17, 15) is 0 Å². The number of anilines is 2. The molecule has 3 aromatic rings. The Morgan fingerprint density at radius 3 is 2.57 bits per heavy atom. The molecule has 1 fully saturated rings. The molecule has 1 aliphatic rings. The molecule has 158 valence electrons. The van der Waals surface area contributed by atoms with Gasteiger partial charge in [-0.05, 0) is 37.4 Å². The normalized spacial score (nSPS) is 15.4. The van der Waals surface area contributed by atoms with Crippen LogP contribution in [0.1, 0.15) is 18.2 Å². The molecule has 30 heavy (non-hydrogen) atoms. The lowest BCUT2D eigenvalue weighted by Crippen LogP contribution is -2.45. The van der Waals surface area contributed by atoms with Crippen LogP contribution in [0.4, 0.5) is 10.9 Å². The average molecular weight is 442 g/mol. The molecular formula is C21H27N7S2. The van der Waals surface area contributed by atoms with Crippen LogP contribution in [0.5, 0.6) is 0 Å². The number of hydrogen-bond acceptors (Lipinski definition) is 9. The highest BCUT2D eigenvalue weighted by molar-refractivity contribution is 7.98. The molecule has 1 saturated heterocycles. The van der Waals surface area contributed by atoms with Crippen LogP contribution in [-0.2, 0) is 6.54 Å². The van der Waals surface area contributed by atoms with Crippen molar-refractivity contribution < 1.29 is 0 Å². The third-order valence-corrected chi connectivity index (χ3v) is 6.64. The van der Waals surface area contributed by atoms with Crippen molar-refractivity contribution in [2.75, 3.05) is 44.3 Å². The van der Waals surface area contributed by atoms with Crippen molar-refractivity contribution in [2.45, 2.75) is 25.5 Å². The van der Waals surface area contributed by atoms with Crippen molar-refractivity contribution in [1.82, 2.24) is 29.7 Å². The van der Waals surface area contributed by atoms with Crippen molar-refractivity contribution in [3.63, 3.8) is 0 Å². The van der Waals surface area contributed by atoms with Gasteiger partial charge in [0.15, 0.2) is 10.3 Å². The minimum Gasteiger partial charge on any atom is -0.316 e. The number of pyridine rings is 1. The smallest absolute Gasteiger partial charge is 0.188 e. The summed E-state index contributed by atoms with van der Waals surface area (Å²) in [4.78, 5) is 24.1. The number of rotatable bonds is 7. The first kappa shape index (κ1) is 21.2. The number of aromatic nitrogens is 4. The van der Waals surface area contributed by atoms with Gasteiger partial charge in [-0.2, -0.15) is 0 Å². The zero-order valence-electron chi connectivity index (χ0n) is 17.6. The molecule has 0 atom stereocenters. The maximum atomic E-state index is 4.59. The molecule has 0 aromatic carbocycles. The standard InChI is InChI=1S/C21H27N7S2/c1-4-27-7-9-28(10-8-27)14-16-5-6-19(22-12-16)26-20-23-13-18(30-20)17-11-15(2)24-21(25-17)29-3/h5-6,11-13H,4,7-10,14H2,1-3H3,(H,22,23,26). The fourth-order valence-corrected chi connectivity index (χ4v) is 4.64. The maximum absolute atomic E-state index is 4.59. The van der Waals surface area contributed by atoms with Gasteiger partial charge in [0, 0.05) is 50.8 Å². The SMILES string of the molecule is CCN1CCN(Cc2ccc(Nc3ncc(-c4cc(C)nc(SC)n4)s3)nc2)CC1. The Bertz CT molecular complexity index is 966. The molecule has 0 amide bonds. The number of piperazine rings is 1. The van der Waals surface area contributed by atoms with E-state index in [1.165, 1.54) is 5.56 Å². The van der Waals surface area contributed by atoms with Gasteiger partial charge in [0.25, 0.3) is 0 Å². The second kappa shape index (κ2) is 9.82. The first-order valence-electron chi connectivity index (χ1n) is 10.2. The van der Waals surface area contributed by atoms with Crippen LogP contribution >= 0.6 is 23.1 Å². The molecule has 4 rings (SSSR count). The highest BCUT2D eigenvalue weighted by Gasteiger charge is 2.15. The summed E-state index contributed by atoms with van der Waals surface area (Å²) in [7, 11) is 0. The van der Waals surface area contributed by atoms with Gasteiger partial charge in [-0.15, -0.1) is 0 Å². The predicted octanol–water partition coefficient (Wildman–Crippen LogP) is 3.91. The first-order chi connectivity index (χ1) is 14.6. The number of likely N-dealkylation sites (N-methyl/N-ethyl adjacent to an activating group) is 1. The number of nitrogens with one attached hydrogen (secondary N) is 1. The van der Waals surface area contributed by atoms with E-state index in [2.05, 4.69) is 48.0 Å². The Balaban J connectivity index is 1.37. The van der Waals surface area contributed by atoms with Gasteiger partial charge < -0.3 is 10.2 Å². The van der Waals surface area contributed by atoms with E-state index in [1.54, 1.807) is 23.1 Å². The largest absolute Gasteiger partial charge is 0.316 e. The zero-order valence-corrected chi connectivity index (χ0v) is 19.3. The first-order valence-corrected chi connectivity index (χ1v) is 12.2. The molecule has 0 radical (unpaired) electrons.